The fourth-order valence-corrected chi connectivity index (χ4v) is 3.36. The molecule has 0 atom stereocenters. The average molecular weight is 484 g/mol. The van der Waals surface area contributed by atoms with Crippen molar-refractivity contribution < 1.29 is 18.0 Å². The van der Waals surface area contributed by atoms with E-state index in [1.807, 2.05) is 30.3 Å². The van der Waals surface area contributed by atoms with Gasteiger partial charge in [-0.1, -0.05) is 53.7 Å². The number of aromatic nitrogens is 3. The number of thioether (sulfide) groups is 1. The molecule has 0 fully saturated rings. The molecular weight excluding hydrogens is 467 g/mol. The van der Waals surface area contributed by atoms with Crippen LogP contribution in [0.4, 0.5) is 24.8 Å². The average Bonchev–Trinajstić information content (AvgIpc) is 3.11. The summed E-state index contributed by atoms with van der Waals surface area (Å²) in [6, 6.07) is 12.6. The fraction of sp³-hybridized carbons (Fsp3) is 0.158. The van der Waals surface area contributed by atoms with Gasteiger partial charge in [-0.05, 0) is 30.7 Å². The first kappa shape index (κ1) is 23.4. The van der Waals surface area contributed by atoms with E-state index in [1.54, 1.807) is 6.92 Å². The van der Waals surface area contributed by atoms with Crippen molar-refractivity contribution in [3.63, 3.8) is 0 Å². The molecule has 0 bridgehead atoms. The van der Waals surface area contributed by atoms with Crippen LogP contribution in [0.5, 0.6) is 0 Å². The second kappa shape index (κ2) is 9.92. The van der Waals surface area contributed by atoms with E-state index >= 15 is 0 Å². The summed E-state index contributed by atoms with van der Waals surface area (Å²) in [6.45, 7) is 1.81. The van der Waals surface area contributed by atoms with E-state index in [1.165, 1.54) is 6.07 Å². The van der Waals surface area contributed by atoms with Crippen LogP contribution < -0.4 is 16.6 Å². The molecule has 32 heavy (non-hydrogen) atoms. The number of nitrogen functional groups attached to an aromatic ring is 1. The van der Waals surface area contributed by atoms with Crippen LogP contribution in [0.1, 0.15) is 18.1 Å². The molecule has 0 aliphatic carbocycles. The highest BCUT2D eigenvalue weighted by Gasteiger charge is 2.33. The number of carbonyl (C=O) groups is 1. The zero-order chi connectivity index (χ0) is 23.3. The van der Waals surface area contributed by atoms with Gasteiger partial charge in [0.05, 0.1) is 22.1 Å². The molecular formula is C19H17ClF3N7OS. The van der Waals surface area contributed by atoms with E-state index in [0.29, 0.717) is 5.71 Å². The van der Waals surface area contributed by atoms with Gasteiger partial charge in [-0.3, -0.25) is 4.79 Å². The number of benzene rings is 2. The van der Waals surface area contributed by atoms with Crippen LogP contribution in [0.2, 0.25) is 5.02 Å². The maximum absolute atomic E-state index is 12.9. The smallest absolute Gasteiger partial charge is 0.334 e. The Morgan fingerprint density at radius 3 is 2.62 bits per heavy atom. The van der Waals surface area contributed by atoms with Crippen molar-refractivity contribution in [3.8, 4) is 0 Å². The standard InChI is InChI=1S/C19H17ClF3N7OS/c1-11(12-5-3-2-4-6-12)26-27-17-28-29-18(30(17)24)32-10-16(31)25-13-7-8-15(20)14(9-13)19(21,22)23/h2-9H,10,24H2,1H3,(H,25,31)(H,27,28)/b26-11+. The van der Waals surface area contributed by atoms with Crippen molar-refractivity contribution >= 4 is 46.6 Å². The van der Waals surface area contributed by atoms with Crippen molar-refractivity contribution in [1.82, 2.24) is 14.9 Å². The number of alkyl halides is 3. The highest BCUT2D eigenvalue weighted by Crippen LogP contribution is 2.36. The molecule has 2 aromatic carbocycles. The van der Waals surface area contributed by atoms with Crippen LogP contribution in [0.15, 0.2) is 58.8 Å². The lowest BCUT2D eigenvalue weighted by molar-refractivity contribution is -0.137. The molecule has 13 heteroatoms. The SMILES string of the molecule is C/C(=N\Nc1nnc(SCC(=O)Nc2ccc(Cl)c(C(F)(F)F)c2)n1N)c1ccccc1. The van der Waals surface area contributed by atoms with Gasteiger partial charge < -0.3 is 11.2 Å². The summed E-state index contributed by atoms with van der Waals surface area (Å²) in [6.07, 6.45) is -4.63. The molecule has 8 nitrogen and oxygen atoms in total. The van der Waals surface area contributed by atoms with Crippen LogP contribution in [-0.2, 0) is 11.0 Å². The van der Waals surface area contributed by atoms with Crippen LogP contribution in [0, 0.1) is 0 Å². The summed E-state index contributed by atoms with van der Waals surface area (Å²) in [7, 11) is 0. The normalized spacial score (nSPS) is 12.0. The van der Waals surface area contributed by atoms with Gasteiger partial charge in [-0.2, -0.15) is 18.3 Å². The van der Waals surface area contributed by atoms with Gasteiger partial charge in [-0.25, -0.2) is 10.1 Å². The molecule has 0 aliphatic heterocycles. The molecule has 3 rings (SSSR count). The van der Waals surface area contributed by atoms with Crippen molar-refractivity contribution in [2.24, 2.45) is 5.10 Å². The monoisotopic (exact) mass is 483 g/mol. The van der Waals surface area contributed by atoms with Crippen LogP contribution >= 0.6 is 23.4 Å². The predicted octanol–water partition coefficient (Wildman–Crippen LogP) is 4.23. The number of carbonyl (C=O) groups excluding carboxylic acids is 1. The summed E-state index contributed by atoms with van der Waals surface area (Å²) in [5, 5.41) is 14.1. The molecule has 4 N–H and O–H groups in total. The first-order chi connectivity index (χ1) is 15.1. The maximum atomic E-state index is 12.9. The quantitative estimate of drug-likeness (QED) is 0.201. The zero-order valence-electron chi connectivity index (χ0n) is 16.5. The summed E-state index contributed by atoms with van der Waals surface area (Å²) in [5.74, 6) is 5.35. The van der Waals surface area contributed by atoms with Gasteiger partial charge >= 0.3 is 6.18 Å². The number of hydrogen-bond donors (Lipinski definition) is 3. The third-order valence-corrected chi connectivity index (χ3v) is 5.34. The van der Waals surface area contributed by atoms with Gasteiger partial charge in [0.15, 0.2) is 0 Å². The first-order valence-corrected chi connectivity index (χ1v) is 10.4. The molecule has 1 aromatic heterocycles. The summed E-state index contributed by atoms with van der Waals surface area (Å²) >= 11 is 6.53. The fourth-order valence-electron chi connectivity index (χ4n) is 2.48. The number of nitrogens with two attached hydrogens (primary N) is 1. The van der Waals surface area contributed by atoms with Crippen molar-refractivity contribution in [2.45, 2.75) is 18.3 Å². The maximum Gasteiger partial charge on any atom is 0.417 e. The predicted molar refractivity (Wildman–Crippen MR) is 118 cm³/mol. The highest BCUT2D eigenvalue weighted by molar-refractivity contribution is 7.99. The number of rotatable bonds is 7. The molecule has 3 aromatic rings. The third kappa shape index (κ3) is 5.92. The van der Waals surface area contributed by atoms with Crippen molar-refractivity contribution in [3.05, 3.63) is 64.7 Å². The largest absolute Gasteiger partial charge is 0.417 e. The van der Waals surface area contributed by atoms with Crippen molar-refractivity contribution in [2.75, 3.05) is 22.3 Å². The second-order valence-electron chi connectivity index (χ2n) is 6.38. The van der Waals surface area contributed by atoms with Crippen molar-refractivity contribution in [1.29, 1.82) is 0 Å². The number of nitrogens with one attached hydrogen (secondary N) is 2. The first-order valence-electron chi connectivity index (χ1n) is 9.00. The van der Waals surface area contributed by atoms with Crippen LogP contribution in [-0.4, -0.2) is 32.2 Å². The van der Waals surface area contributed by atoms with Crippen LogP contribution in [0.25, 0.3) is 0 Å². The van der Waals surface area contributed by atoms with E-state index in [9.17, 15) is 18.0 Å². The lowest BCUT2D eigenvalue weighted by atomic mass is 10.1. The van der Waals surface area contributed by atoms with E-state index in [0.717, 1.165) is 34.1 Å². The molecule has 0 spiro atoms. The zero-order valence-corrected chi connectivity index (χ0v) is 18.1. The molecule has 0 saturated heterocycles. The highest BCUT2D eigenvalue weighted by atomic mass is 35.5. The molecule has 0 saturated carbocycles. The minimum atomic E-state index is -4.63. The minimum absolute atomic E-state index is 0.0328. The number of nitrogens with zero attached hydrogens (tertiary/aromatic N) is 4. The Kier molecular flexibility index (Phi) is 7.26. The Bertz CT molecular complexity index is 1140. The Morgan fingerprint density at radius 2 is 1.94 bits per heavy atom. The van der Waals surface area contributed by atoms with Gasteiger partial charge in [0.2, 0.25) is 11.1 Å². The van der Waals surface area contributed by atoms with E-state index in [-0.39, 0.29) is 22.5 Å². The minimum Gasteiger partial charge on any atom is -0.334 e. The third-order valence-electron chi connectivity index (χ3n) is 4.07. The Balaban J connectivity index is 1.59. The van der Waals surface area contributed by atoms with Gasteiger partial charge in [-0.15, -0.1) is 10.2 Å². The lowest BCUT2D eigenvalue weighted by Crippen LogP contribution is -2.17. The Hall–Kier alpha value is -3.25. The second-order valence-corrected chi connectivity index (χ2v) is 7.73. The molecule has 0 unspecified atom stereocenters. The Labute approximate surface area is 190 Å². The Morgan fingerprint density at radius 1 is 1.22 bits per heavy atom. The van der Waals surface area contributed by atoms with E-state index in [4.69, 9.17) is 17.4 Å². The number of anilines is 2. The number of hydrazone groups is 1. The number of halogens is 4. The van der Waals surface area contributed by atoms with Gasteiger partial charge in [0.25, 0.3) is 5.95 Å². The van der Waals surface area contributed by atoms with Gasteiger partial charge in [0.1, 0.15) is 0 Å². The van der Waals surface area contributed by atoms with Gasteiger partial charge in [0, 0.05) is 5.69 Å². The molecule has 0 radical (unpaired) electrons. The topological polar surface area (TPSA) is 110 Å². The lowest BCUT2D eigenvalue weighted by Gasteiger charge is -2.11. The number of hydrogen-bond acceptors (Lipinski definition) is 7. The van der Waals surface area contributed by atoms with E-state index in [2.05, 4.69) is 26.0 Å². The molecule has 168 valence electrons. The van der Waals surface area contributed by atoms with E-state index < -0.39 is 22.7 Å². The molecule has 0 aliphatic rings. The summed E-state index contributed by atoms with van der Waals surface area (Å²) < 4.78 is 39.9. The summed E-state index contributed by atoms with van der Waals surface area (Å²) in [5.41, 5.74) is 3.24. The molecule has 1 amide bonds. The summed E-state index contributed by atoms with van der Waals surface area (Å²) in [4.78, 5) is 12.1. The van der Waals surface area contributed by atoms with Crippen LogP contribution in [0.3, 0.4) is 0 Å². The molecule has 1 heterocycles. The number of amides is 1.